The predicted octanol–water partition coefficient (Wildman–Crippen LogP) is 4.53. The van der Waals surface area contributed by atoms with Gasteiger partial charge in [0.1, 0.15) is 12.6 Å². The third-order valence-corrected chi connectivity index (χ3v) is 8.19. The number of sulfonamides is 1. The van der Waals surface area contributed by atoms with Gasteiger partial charge in [0.2, 0.25) is 21.8 Å². The van der Waals surface area contributed by atoms with E-state index in [0.29, 0.717) is 12.0 Å². The maximum absolute atomic E-state index is 14.2. The van der Waals surface area contributed by atoms with Crippen molar-refractivity contribution in [3.05, 3.63) is 105 Å². The van der Waals surface area contributed by atoms with E-state index < -0.39 is 33.4 Å². The summed E-state index contributed by atoms with van der Waals surface area (Å²) >= 11 is 0. The fourth-order valence-electron chi connectivity index (χ4n) is 4.58. The Balaban J connectivity index is 2.11. The van der Waals surface area contributed by atoms with Crippen LogP contribution in [0.2, 0.25) is 0 Å². The lowest BCUT2D eigenvalue weighted by Gasteiger charge is -2.34. The zero-order chi connectivity index (χ0) is 31.0. The van der Waals surface area contributed by atoms with Gasteiger partial charge in [-0.2, -0.15) is 0 Å². The van der Waals surface area contributed by atoms with Crippen LogP contribution in [0.1, 0.15) is 42.5 Å². The van der Waals surface area contributed by atoms with E-state index in [1.54, 1.807) is 6.92 Å². The standard InChI is InChI=1S/C31H38N4O6S/c1-6-24(4)32-31(37)29(18-25-12-8-7-9-13-25)33(20-26-14-10-11-22(2)17-26)30(36)21-34(42(5,40)41)28-19-27(35(38)39)16-15-23(28)3/h7-17,19,24,29H,6,18,20-21H2,1-5H3,(H,32,37)/t24-,29-/m1/s1. The zero-order valence-electron chi connectivity index (χ0n) is 24.6. The largest absolute Gasteiger partial charge is 0.352 e. The Hall–Kier alpha value is -4.25. The maximum Gasteiger partial charge on any atom is 0.271 e. The molecule has 0 radical (unpaired) electrons. The minimum Gasteiger partial charge on any atom is -0.352 e. The fourth-order valence-corrected chi connectivity index (χ4v) is 5.48. The number of nitro groups is 1. The number of benzene rings is 3. The van der Waals surface area contributed by atoms with E-state index in [2.05, 4.69) is 5.32 Å². The quantitative estimate of drug-likeness (QED) is 0.229. The first-order valence-electron chi connectivity index (χ1n) is 13.7. The summed E-state index contributed by atoms with van der Waals surface area (Å²) in [5, 5.41) is 14.5. The monoisotopic (exact) mass is 594 g/mol. The van der Waals surface area contributed by atoms with E-state index in [9.17, 15) is 28.1 Å². The maximum atomic E-state index is 14.2. The van der Waals surface area contributed by atoms with Gasteiger partial charge in [-0.1, -0.05) is 73.2 Å². The van der Waals surface area contributed by atoms with Crippen LogP contribution in [-0.2, 0) is 32.6 Å². The van der Waals surface area contributed by atoms with Gasteiger partial charge in [-0.05, 0) is 43.9 Å². The molecule has 0 aliphatic rings. The van der Waals surface area contributed by atoms with Crippen molar-refractivity contribution in [1.82, 2.24) is 10.2 Å². The van der Waals surface area contributed by atoms with Gasteiger partial charge in [-0.3, -0.25) is 24.0 Å². The van der Waals surface area contributed by atoms with Crippen molar-refractivity contribution >= 4 is 33.2 Å². The third-order valence-electron chi connectivity index (χ3n) is 7.06. The Bertz CT molecular complexity index is 1530. The van der Waals surface area contributed by atoms with Crippen molar-refractivity contribution in [2.75, 3.05) is 17.1 Å². The molecule has 0 heterocycles. The van der Waals surface area contributed by atoms with Crippen molar-refractivity contribution in [3.8, 4) is 0 Å². The minimum atomic E-state index is -4.06. The van der Waals surface area contributed by atoms with E-state index >= 15 is 0 Å². The molecule has 42 heavy (non-hydrogen) atoms. The van der Waals surface area contributed by atoms with Gasteiger partial charge in [0, 0.05) is 31.1 Å². The van der Waals surface area contributed by atoms with Gasteiger partial charge in [-0.15, -0.1) is 0 Å². The SMILES string of the molecule is CC[C@@H](C)NC(=O)[C@@H](Cc1ccccc1)N(Cc1cccc(C)c1)C(=O)CN(c1cc([N+](=O)[O-])ccc1C)S(C)(=O)=O. The molecule has 0 fully saturated rings. The van der Waals surface area contributed by atoms with E-state index in [1.165, 1.54) is 17.0 Å². The number of nitrogens with zero attached hydrogens (tertiary/aromatic N) is 3. The van der Waals surface area contributed by atoms with E-state index in [4.69, 9.17) is 0 Å². The van der Waals surface area contributed by atoms with Crippen molar-refractivity contribution in [2.45, 2.75) is 59.2 Å². The second kappa shape index (κ2) is 14.1. The second-order valence-electron chi connectivity index (χ2n) is 10.5. The summed E-state index contributed by atoms with van der Waals surface area (Å²) in [4.78, 5) is 40.2. The highest BCUT2D eigenvalue weighted by Crippen LogP contribution is 2.28. The molecular formula is C31H38N4O6S. The van der Waals surface area contributed by atoms with Crippen LogP contribution in [0.15, 0.2) is 72.8 Å². The van der Waals surface area contributed by atoms with Gasteiger partial charge in [-0.25, -0.2) is 8.42 Å². The highest BCUT2D eigenvalue weighted by Gasteiger charge is 2.34. The average molecular weight is 595 g/mol. The molecule has 0 aromatic heterocycles. The smallest absolute Gasteiger partial charge is 0.271 e. The van der Waals surface area contributed by atoms with Gasteiger partial charge >= 0.3 is 0 Å². The molecule has 0 saturated heterocycles. The zero-order valence-corrected chi connectivity index (χ0v) is 25.4. The number of aryl methyl sites for hydroxylation is 2. The number of hydrogen-bond donors (Lipinski definition) is 1. The summed E-state index contributed by atoms with van der Waals surface area (Å²) in [7, 11) is -4.06. The van der Waals surface area contributed by atoms with Gasteiger partial charge < -0.3 is 10.2 Å². The number of nitro benzene ring substituents is 1. The number of carbonyl (C=O) groups is 2. The normalized spacial score (nSPS) is 12.7. The van der Waals surface area contributed by atoms with Crippen molar-refractivity contribution in [2.24, 2.45) is 0 Å². The molecule has 10 nitrogen and oxygen atoms in total. The van der Waals surface area contributed by atoms with Crippen LogP contribution < -0.4 is 9.62 Å². The van der Waals surface area contributed by atoms with Gasteiger partial charge in [0.25, 0.3) is 5.69 Å². The number of non-ortho nitro benzene ring substituents is 1. The lowest BCUT2D eigenvalue weighted by Crippen LogP contribution is -2.54. The molecule has 224 valence electrons. The molecule has 3 aromatic rings. The van der Waals surface area contributed by atoms with Crippen molar-refractivity contribution in [3.63, 3.8) is 0 Å². The molecule has 0 unspecified atom stereocenters. The number of hydrogen-bond acceptors (Lipinski definition) is 6. The topological polar surface area (TPSA) is 130 Å². The third kappa shape index (κ3) is 8.62. The predicted molar refractivity (Wildman–Crippen MR) is 164 cm³/mol. The van der Waals surface area contributed by atoms with Crippen molar-refractivity contribution in [1.29, 1.82) is 0 Å². The molecule has 2 amide bonds. The first kappa shape index (κ1) is 32.3. The first-order valence-corrected chi connectivity index (χ1v) is 15.6. The highest BCUT2D eigenvalue weighted by molar-refractivity contribution is 7.92. The summed E-state index contributed by atoms with van der Waals surface area (Å²) in [5.74, 6) is -0.972. The van der Waals surface area contributed by atoms with Crippen LogP contribution in [-0.4, -0.2) is 54.9 Å². The van der Waals surface area contributed by atoms with Crippen LogP contribution in [0.3, 0.4) is 0 Å². The average Bonchev–Trinajstić information content (AvgIpc) is 2.93. The summed E-state index contributed by atoms with van der Waals surface area (Å²) in [5.41, 5.74) is 2.74. The molecular weight excluding hydrogens is 556 g/mol. The summed E-state index contributed by atoms with van der Waals surface area (Å²) in [6, 6.07) is 19.6. The molecule has 0 saturated carbocycles. The highest BCUT2D eigenvalue weighted by atomic mass is 32.2. The van der Waals surface area contributed by atoms with E-state index in [-0.39, 0.29) is 36.3 Å². The number of carbonyl (C=O) groups excluding carboxylic acids is 2. The van der Waals surface area contributed by atoms with Crippen LogP contribution in [0.5, 0.6) is 0 Å². The van der Waals surface area contributed by atoms with Crippen LogP contribution in [0.4, 0.5) is 11.4 Å². The Labute approximate surface area is 247 Å². The molecule has 3 rings (SSSR count). The van der Waals surface area contributed by atoms with Gasteiger partial charge in [0.15, 0.2) is 0 Å². The first-order chi connectivity index (χ1) is 19.8. The van der Waals surface area contributed by atoms with E-state index in [0.717, 1.165) is 33.3 Å². The minimum absolute atomic E-state index is 0.0271. The Kier molecular flexibility index (Phi) is 10.8. The van der Waals surface area contributed by atoms with Crippen molar-refractivity contribution < 1.29 is 22.9 Å². The Morgan fingerprint density at radius 3 is 2.24 bits per heavy atom. The van der Waals surface area contributed by atoms with Crippen LogP contribution in [0.25, 0.3) is 0 Å². The molecule has 0 spiro atoms. The summed E-state index contributed by atoms with van der Waals surface area (Å²) in [6.07, 6.45) is 1.83. The fraction of sp³-hybridized carbons (Fsp3) is 0.355. The summed E-state index contributed by atoms with van der Waals surface area (Å²) < 4.78 is 26.9. The summed E-state index contributed by atoms with van der Waals surface area (Å²) in [6.45, 7) is 6.76. The second-order valence-corrected chi connectivity index (χ2v) is 12.4. The molecule has 2 atom stereocenters. The molecule has 0 aliphatic carbocycles. The van der Waals surface area contributed by atoms with Crippen LogP contribution >= 0.6 is 0 Å². The Morgan fingerprint density at radius 2 is 1.64 bits per heavy atom. The van der Waals surface area contributed by atoms with Crippen LogP contribution in [0, 0.1) is 24.0 Å². The van der Waals surface area contributed by atoms with E-state index in [1.807, 2.05) is 75.4 Å². The van der Waals surface area contributed by atoms with Gasteiger partial charge in [0.05, 0.1) is 16.9 Å². The Morgan fingerprint density at radius 1 is 0.976 bits per heavy atom. The number of rotatable bonds is 13. The number of nitrogens with one attached hydrogen (secondary N) is 1. The molecule has 11 heteroatoms. The molecule has 0 bridgehead atoms. The molecule has 3 aromatic carbocycles. The lowest BCUT2D eigenvalue weighted by atomic mass is 10.0. The number of anilines is 1. The lowest BCUT2D eigenvalue weighted by molar-refractivity contribution is -0.384. The molecule has 1 N–H and O–H groups in total. The number of amides is 2. The molecule has 0 aliphatic heterocycles.